The Morgan fingerprint density at radius 1 is 1.35 bits per heavy atom. The first-order chi connectivity index (χ1) is 8.26. The van der Waals surface area contributed by atoms with E-state index in [2.05, 4.69) is 0 Å². The number of furan rings is 1. The van der Waals surface area contributed by atoms with Gasteiger partial charge in [-0.1, -0.05) is 0 Å². The predicted molar refractivity (Wildman–Crippen MR) is 63.7 cm³/mol. The second-order valence-electron chi connectivity index (χ2n) is 3.35. The molecule has 0 aliphatic carbocycles. The number of hydrogen-bond acceptors (Lipinski definition) is 5. The Bertz CT molecular complexity index is 512. The minimum absolute atomic E-state index is 0.167. The van der Waals surface area contributed by atoms with Crippen LogP contribution in [0.1, 0.15) is 21.2 Å². The molecule has 2 heterocycles. The maximum absolute atomic E-state index is 12.1. The van der Waals surface area contributed by atoms with Gasteiger partial charge in [0.2, 0.25) is 5.78 Å². The topological polar surface area (TPSA) is 48.7 Å². The van der Waals surface area contributed by atoms with E-state index in [0.29, 0.717) is 28.8 Å². The van der Waals surface area contributed by atoms with Crippen LogP contribution in [0.2, 0.25) is 0 Å². The molecule has 0 atom stereocenters. The summed E-state index contributed by atoms with van der Waals surface area (Å²) in [5, 5.41) is 1.81. The van der Waals surface area contributed by atoms with Crippen molar-refractivity contribution in [2.75, 3.05) is 14.2 Å². The van der Waals surface area contributed by atoms with Crippen molar-refractivity contribution in [2.24, 2.45) is 0 Å². The van der Waals surface area contributed by atoms with Gasteiger partial charge in [0.05, 0.1) is 7.11 Å². The molecule has 0 spiro atoms. The molecule has 2 aromatic rings. The van der Waals surface area contributed by atoms with Gasteiger partial charge in [-0.15, -0.1) is 11.3 Å². The number of thiophene rings is 1. The molecule has 0 aromatic carbocycles. The molecule has 0 aliphatic rings. The molecule has 2 aromatic heterocycles. The van der Waals surface area contributed by atoms with E-state index in [-0.39, 0.29) is 5.78 Å². The van der Waals surface area contributed by atoms with Crippen LogP contribution in [0.4, 0.5) is 0 Å². The van der Waals surface area contributed by atoms with Gasteiger partial charge in [0.15, 0.2) is 5.76 Å². The third kappa shape index (κ3) is 2.40. The smallest absolute Gasteiger partial charge is 0.241 e. The lowest BCUT2D eigenvalue weighted by Crippen LogP contribution is -1.99. The number of hydrogen-bond donors (Lipinski definition) is 0. The van der Waals surface area contributed by atoms with E-state index in [1.54, 1.807) is 25.3 Å². The second kappa shape index (κ2) is 5.16. The van der Waals surface area contributed by atoms with Gasteiger partial charge in [-0.25, -0.2) is 0 Å². The lowest BCUT2D eigenvalue weighted by Gasteiger charge is -1.99. The number of rotatable bonds is 5. The zero-order valence-electron chi connectivity index (χ0n) is 9.56. The third-order valence-electron chi connectivity index (χ3n) is 2.23. The van der Waals surface area contributed by atoms with Crippen LogP contribution < -0.4 is 4.74 Å². The maximum atomic E-state index is 12.1. The van der Waals surface area contributed by atoms with Gasteiger partial charge in [-0.05, 0) is 23.6 Å². The molecule has 90 valence electrons. The van der Waals surface area contributed by atoms with E-state index >= 15 is 0 Å². The first-order valence-corrected chi connectivity index (χ1v) is 5.88. The average molecular weight is 252 g/mol. The molecule has 0 fully saturated rings. The number of carbonyl (C=O) groups excluding carboxylic acids is 1. The highest BCUT2D eigenvalue weighted by molar-refractivity contribution is 7.12. The molecule has 0 N–H and O–H groups in total. The van der Waals surface area contributed by atoms with Crippen molar-refractivity contribution in [1.29, 1.82) is 0 Å². The Labute approximate surface area is 103 Å². The molecule has 0 aliphatic heterocycles. The highest BCUT2D eigenvalue weighted by atomic mass is 32.1. The van der Waals surface area contributed by atoms with E-state index in [1.165, 1.54) is 18.4 Å². The van der Waals surface area contributed by atoms with Gasteiger partial charge in [0.1, 0.15) is 23.0 Å². The third-order valence-corrected chi connectivity index (χ3v) is 3.12. The van der Waals surface area contributed by atoms with Crippen molar-refractivity contribution in [1.82, 2.24) is 0 Å². The van der Waals surface area contributed by atoms with Gasteiger partial charge < -0.3 is 13.9 Å². The van der Waals surface area contributed by atoms with Crippen LogP contribution in [-0.4, -0.2) is 20.0 Å². The van der Waals surface area contributed by atoms with Crippen LogP contribution in [0.5, 0.6) is 5.75 Å². The Morgan fingerprint density at radius 3 is 2.88 bits per heavy atom. The molecule has 0 bridgehead atoms. The zero-order valence-corrected chi connectivity index (χ0v) is 10.4. The van der Waals surface area contributed by atoms with E-state index in [4.69, 9.17) is 13.9 Å². The number of carbonyl (C=O) groups is 1. The largest absolute Gasteiger partial charge is 0.495 e. The van der Waals surface area contributed by atoms with Crippen molar-refractivity contribution in [3.8, 4) is 5.75 Å². The van der Waals surface area contributed by atoms with Crippen molar-refractivity contribution in [2.45, 2.75) is 6.61 Å². The maximum Gasteiger partial charge on any atom is 0.241 e. The lowest BCUT2D eigenvalue weighted by atomic mass is 10.2. The summed E-state index contributed by atoms with van der Waals surface area (Å²) in [4.78, 5) is 12.6. The van der Waals surface area contributed by atoms with Crippen molar-refractivity contribution in [3.05, 3.63) is 40.0 Å². The van der Waals surface area contributed by atoms with E-state index in [9.17, 15) is 4.79 Å². The summed E-state index contributed by atoms with van der Waals surface area (Å²) in [6, 6.07) is 5.14. The van der Waals surface area contributed by atoms with E-state index < -0.39 is 0 Å². The molecule has 0 unspecified atom stereocenters. The summed E-state index contributed by atoms with van der Waals surface area (Å²) in [6.07, 6.45) is 0. The summed E-state index contributed by atoms with van der Waals surface area (Å²) in [6.45, 7) is 0.356. The Morgan fingerprint density at radius 2 is 2.18 bits per heavy atom. The fourth-order valence-corrected chi connectivity index (χ4v) is 2.26. The summed E-state index contributed by atoms with van der Waals surface area (Å²) >= 11 is 1.33. The highest BCUT2D eigenvalue weighted by Gasteiger charge is 2.19. The van der Waals surface area contributed by atoms with Gasteiger partial charge in [0, 0.05) is 7.11 Å². The van der Waals surface area contributed by atoms with E-state index in [1.807, 2.05) is 5.38 Å². The van der Waals surface area contributed by atoms with Crippen LogP contribution in [0, 0.1) is 0 Å². The van der Waals surface area contributed by atoms with E-state index in [0.717, 1.165) is 0 Å². The Hall–Kier alpha value is -1.59. The molecule has 0 amide bonds. The molecule has 5 heteroatoms. The standard InChI is InChI=1S/C12H12O4S/c1-14-7-8-3-4-9(16-8)11(13)12-10(15-2)5-6-17-12/h3-6H,7H2,1-2H3. The molecule has 17 heavy (non-hydrogen) atoms. The summed E-state index contributed by atoms with van der Waals surface area (Å²) in [5.74, 6) is 1.34. The van der Waals surface area contributed by atoms with Crippen LogP contribution in [0.15, 0.2) is 28.0 Å². The lowest BCUT2D eigenvalue weighted by molar-refractivity contribution is 0.100. The molecule has 4 nitrogen and oxygen atoms in total. The fraction of sp³-hybridized carbons (Fsp3) is 0.250. The number of ether oxygens (including phenoxy) is 2. The molecular formula is C12H12O4S. The van der Waals surface area contributed by atoms with Crippen LogP contribution in [-0.2, 0) is 11.3 Å². The molecule has 0 radical (unpaired) electrons. The minimum atomic E-state index is -0.167. The second-order valence-corrected chi connectivity index (χ2v) is 4.26. The highest BCUT2D eigenvalue weighted by Crippen LogP contribution is 2.27. The quantitative estimate of drug-likeness (QED) is 0.768. The Kier molecular flexibility index (Phi) is 3.61. The molecule has 0 saturated heterocycles. The number of ketones is 1. The molecule has 0 saturated carbocycles. The fourth-order valence-electron chi connectivity index (χ4n) is 1.46. The predicted octanol–water partition coefficient (Wildman–Crippen LogP) is 2.73. The molecule has 2 rings (SSSR count). The van der Waals surface area contributed by atoms with Crippen molar-refractivity contribution < 1.29 is 18.7 Å². The summed E-state index contributed by atoms with van der Waals surface area (Å²) < 4.78 is 15.4. The van der Waals surface area contributed by atoms with Gasteiger partial charge in [0.25, 0.3) is 0 Å². The van der Waals surface area contributed by atoms with Crippen LogP contribution >= 0.6 is 11.3 Å². The van der Waals surface area contributed by atoms with Gasteiger partial charge >= 0.3 is 0 Å². The molecular weight excluding hydrogens is 240 g/mol. The zero-order chi connectivity index (χ0) is 12.3. The Balaban J connectivity index is 2.24. The SMILES string of the molecule is COCc1ccc(C(=O)c2sccc2OC)o1. The van der Waals surface area contributed by atoms with Gasteiger partial charge in [-0.2, -0.15) is 0 Å². The number of methoxy groups -OCH3 is 2. The normalized spacial score (nSPS) is 10.5. The summed E-state index contributed by atoms with van der Waals surface area (Å²) in [7, 11) is 3.11. The monoisotopic (exact) mass is 252 g/mol. The first kappa shape index (κ1) is 11.9. The minimum Gasteiger partial charge on any atom is -0.495 e. The van der Waals surface area contributed by atoms with Gasteiger partial charge in [-0.3, -0.25) is 4.79 Å². The summed E-state index contributed by atoms with van der Waals surface area (Å²) in [5.41, 5.74) is 0. The van der Waals surface area contributed by atoms with Crippen LogP contribution in [0.25, 0.3) is 0 Å². The van der Waals surface area contributed by atoms with Crippen LogP contribution in [0.3, 0.4) is 0 Å². The van der Waals surface area contributed by atoms with Crippen molar-refractivity contribution >= 4 is 17.1 Å². The first-order valence-electron chi connectivity index (χ1n) is 5.00. The van der Waals surface area contributed by atoms with Crippen molar-refractivity contribution in [3.63, 3.8) is 0 Å². The average Bonchev–Trinajstić information content (AvgIpc) is 2.96.